The molecule has 0 spiro atoms. The van der Waals surface area contributed by atoms with Gasteiger partial charge in [-0.25, -0.2) is 13.1 Å². The number of piperidine rings is 1. The molecule has 2 saturated heterocycles. The number of methoxy groups -OCH3 is 1. The maximum Gasteiger partial charge on any atom is 0.265 e. The highest BCUT2D eigenvalue weighted by atomic mass is 32.2. The van der Waals surface area contributed by atoms with Crippen LogP contribution in [0.15, 0.2) is 52.6 Å². The number of nitrogens with one attached hydrogen (secondary N) is 1. The molecule has 1 unspecified atom stereocenters. The summed E-state index contributed by atoms with van der Waals surface area (Å²) >= 11 is 0. The molecule has 1 aromatic heterocycles. The number of hydrogen-bond acceptors (Lipinski definition) is 7. The third kappa shape index (κ3) is 5.55. The fraction of sp³-hybridized carbons (Fsp3) is 0.590. The molecule has 10 nitrogen and oxygen atoms in total. The Morgan fingerprint density at radius 3 is 2.44 bits per heavy atom. The summed E-state index contributed by atoms with van der Waals surface area (Å²) in [6.45, 7) is 5.39. The lowest BCUT2D eigenvalue weighted by Crippen LogP contribution is -2.51. The maximum atomic E-state index is 14.7. The highest BCUT2D eigenvalue weighted by Crippen LogP contribution is 2.55. The molecule has 2 amide bonds. The molecule has 7 aliphatic rings. The highest BCUT2D eigenvalue weighted by Gasteiger charge is 2.49. The number of fused-ring (bicyclic) bond motifs is 6. The van der Waals surface area contributed by atoms with Crippen molar-refractivity contribution in [3.63, 3.8) is 0 Å². The van der Waals surface area contributed by atoms with Gasteiger partial charge in [0.15, 0.2) is 0 Å². The molecule has 2 atom stereocenters. The zero-order valence-corrected chi connectivity index (χ0v) is 29.8. The molecule has 266 valence electrons. The normalized spacial score (nSPS) is 26.4. The number of likely N-dealkylation sites (tertiary alicyclic amines) is 1. The second kappa shape index (κ2) is 12.7. The van der Waals surface area contributed by atoms with E-state index in [2.05, 4.69) is 49.4 Å². The van der Waals surface area contributed by atoms with Crippen LogP contribution in [-0.2, 0) is 30.9 Å². The Bertz CT molecular complexity index is 1930. The average Bonchev–Trinajstić information content (AvgIpc) is 4.08. The van der Waals surface area contributed by atoms with Gasteiger partial charge in [-0.2, -0.15) is 0 Å². The Hall–Kier alpha value is -3.41. The first-order valence-electron chi connectivity index (χ1n) is 18.8. The molecule has 50 heavy (non-hydrogen) atoms. The van der Waals surface area contributed by atoms with Crippen LogP contribution in [0.25, 0.3) is 10.9 Å². The Labute approximate surface area is 294 Å². The number of carbonyl (C=O) groups is 2. The molecule has 4 fully saturated rings. The van der Waals surface area contributed by atoms with Crippen molar-refractivity contribution >= 4 is 32.7 Å². The summed E-state index contributed by atoms with van der Waals surface area (Å²) in [6, 6.07) is 7.04. The number of rotatable bonds is 7. The van der Waals surface area contributed by atoms with Gasteiger partial charge >= 0.3 is 0 Å². The van der Waals surface area contributed by atoms with Crippen LogP contribution < -0.4 is 9.46 Å². The molecule has 3 aliphatic heterocycles. The van der Waals surface area contributed by atoms with E-state index in [0.29, 0.717) is 43.3 Å². The number of sulfonamides is 1. The fourth-order valence-corrected chi connectivity index (χ4v) is 11.1. The van der Waals surface area contributed by atoms with Crippen LogP contribution in [-0.4, -0.2) is 92.4 Å². The SMILES string of the molecule is COc1ccc(C2CCCCC2)c2c1cc1n2CC2=C(C(=O)NS(=O)(=O)C3CC3)C2=C2C=CC[C@@H](C(=O)N3CCC(N4CCOCC4)CC3)C21. The third-order valence-corrected chi connectivity index (χ3v) is 14.4. The van der Waals surface area contributed by atoms with Crippen molar-refractivity contribution in [2.24, 2.45) is 5.92 Å². The number of benzene rings is 1. The number of hydrogen-bond donors (Lipinski definition) is 1. The first kappa shape index (κ1) is 32.5. The molecule has 11 heteroatoms. The Morgan fingerprint density at radius 2 is 1.72 bits per heavy atom. The first-order chi connectivity index (χ1) is 24.3. The quantitative estimate of drug-likeness (QED) is 0.438. The van der Waals surface area contributed by atoms with E-state index >= 15 is 0 Å². The number of nitrogens with zero attached hydrogens (tertiary/aromatic N) is 3. The van der Waals surface area contributed by atoms with Gasteiger partial charge in [-0.05, 0) is 85.3 Å². The third-order valence-electron chi connectivity index (χ3n) is 12.6. The van der Waals surface area contributed by atoms with Crippen molar-refractivity contribution in [1.82, 2.24) is 19.1 Å². The van der Waals surface area contributed by atoms with Crippen molar-refractivity contribution in [2.45, 2.75) is 93.9 Å². The van der Waals surface area contributed by atoms with E-state index in [1.165, 1.54) is 24.8 Å². The summed E-state index contributed by atoms with van der Waals surface area (Å²) < 4.78 is 42.1. The van der Waals surface area contributed by atoms with Gasteiger partial charge in [0.25, 0.3) is 5.91 Å². The molecule has 2 saturated carbocycles. The van der Waals surface area contributed by atoms with Crippen molar-refractivity contribution < 1.29 is 27.5 Å². The zero-order valence-electron chi connectivity index (χ0n) is 29.0. The van der Waals surface area contributed by atoms with Gasteiger partial charge in [0.1, 0.15) is 5.75 Å². The molecule has 1 aromatic carbocycles. The van der Waals surface area contributed by atoms with E-state index < -0.39 is 21.2 Å². The van der Waals surface area contributed by atoms with E-state index in [4.69, 9.17) is 9.47 Å². The van der Waals surface area contributed by atoms with E-state index in [1.54, 1.807) is 7.11 Å². The number of amides is 2. The summed E-state index contributed by atoms with van der Waals surface area (Å²) in [6.07, 6.45) is 13.8. The predicted molar refractivity (Wildman–Crippen MR) is 190 cm³/mol. The van der Waals surface area contributed by atoms with Crippen LogP contribution in [0.3, 0.4) is 0 Å². The molecule has 2 aromatic rings. The standard InChI is InChI=1S/C39H48N4O6S/c1-48-33-13-12-27(24-6-3-2-4-7-24)37-30(33)22-32-34-28(35-31(23-43(32)37)36(35)38(44)40-50(46,47)26-10-11-26)8-5-9-29(34)39(45)42-16-14-25(15-17-42)41-18-20-49-21-19-41/h5,8,12-13,22,24-26,29,34H,2-4,6-7,9-11,14-21,23H2,1H3,(H,40,44)/t29-,34?/m1/s1. The maximum absolute atomic E-state index is 14.7. The molecule has 9 rings (SSSR count). The predicted octanol–water partition coefficient (Wildman–Crippen LogP) is 4.91. The molecular formula is C39H48N4O6S. The summed E-state index contributed by atoms with van der Waals surface area (Å²) in [5.41, 5.74) is 6.68. The summed E-state index contributed by atoms with van der Waals surface area (Å²) in [5, 5.41) is 0.560. The second-order valence-electron chi connectivity index (χ2n) is 15.4. The van der Waals surface area contributed by atoms with Gasteiger partial charge < -0.3 is 18.9 Å². The van der Waals surface area contributed by atoms with Crippen molar-refractivity contribution in [1.29, 1.82) is 0 Å². The number of carbonyl (C=O) groups excluding carboxylic acids is 2. The number of allylic oxidation sites excluding steroid dienone is 4. The Morgan fingerprint density at radius 1 is 0.960 bits per heavy atom. The minimum Gasteiger partial charge on any atom is -0.496 e. The van der Waals surface area contributed by atoms with Crippen LogP contribution >= 0.6 is 0 Å². The largest absolute Gasteiger partial charge is 0.496 e. The molecule has 4 aliphatic carbocycles. The van der Waals surface area contributed by atoms with Crippen LogP contribution in [0.1, 0.15) is 87.3 Å². The average molecular weight is 701 g/mol. The molecular weight excluding hydrogens is 653 g/mol. The lowest BCUT2D eigenvalue weighted by Gasteiger charge is -2.42. The summed E-state index contributed by atoms with van der Waals surface area (Å²) in [5.74, 6) is 0.282. The first-order valence-corrected chi connectivity index (χ1v) is 20.4. The van der Waals surface area contributed by atoms with Crippen LogP contribution in [0.5, 0.6) is 5.75 Å². The van der Waals surface area contributed by atoms with E-state index in [9.17, 15) is 18.0 Å². The lowest BCUT2D eigenvalue weighted by atomic mass is 9.75. The zero-order chi connectivity index (χ0) is 34.1. The fourth-order valence-electron chi connectivity index (χ4n) is 9.78. The highest BCUT2D eigenvalue weighted by molar-refractivity contribution is 7.91. The van der Waals surface area contributed by atoms with Crippen LogP contribution in [0, 0.1) is 5.92 Å². The van der Waals surface area contributed by atoms with Gasteiger partial charge in [0.2, 0.25) is 15.9 Å². The van der Waals surface area contributed by atoms with Gasteiger partial charge in [-0.3, -0.25) is 14.5 Å². The number of morpholine rings is 1. The van der Waals surface area contributed by atoms with Crippen LogP contribution in [0.2, 0.25) is 0 Å². The lowest BCUT2D eigenvalue weighted by molar-refractivity contribution is -0.138. The molecule has 0 bridgehead atoms. The molecule has 1 N–H and O–H groups in total. The number of ether oxygens (including phenoxy) is 2. The van der Waals surface area contributed by atoms with E-state index in [-0.39, 0.29) is 17.7 Å². The summed E-state index contributed by atoms with van der Waals surface area (Å²) in [4.78, 5) is 33.0. The molecule has 4 heterocycles. The Balaban J connectivity index is 1.12. The van der Waals surface area contributed by atoms with Gasteiger partial charge in [-0.1, -0.05) is 37.5 Å². The monoisotopic (exact) mass is 700 g/mol. The second-order valence-corrected chi connectivity index (χ2v) is 17.4. The van der Waals surface area contributed by atoms with Gasteiger partial charge in [0, 0.05) is 55.8 Å². The van der Waals surface area contributed by atoms with Gasteiger partial charge in [-0.15, -0.1) is 0 Å². The number of aromatic nitrogens is 1. The Kier molecular flexibility index (Phi) is 8.23. The smallest absolute Gasteiger partial charge is 0.265 e. The minimum atomic E-state index is -3.71. The molecule has 0 radical (unpaired) electrons. The van der Waals surface area contributed by atoms with E-state index in [1.807, 2.05) is 0 Å². The van der Waals surface area contributed by atoms with Crippen molar-refractivity contribution in [2.75, 3.05) is 46.5 Å². The summed E-state index contributed by atoms with van der Waals surface area (Å²) in [7, 11) is -2.00. The van der Waals surface area contributed by atoms with Gasteiger partial charge in [0.05, 0.1) is 42.6 Å². The topological polar surface area (TPSA) is 110 Å². The minimum absolute atomic E-state index is 0.167. The van der Waals surface area contributed by atoms with E-state index in [0.717, 1.165) is 104 Å². The van der Waals surface area contributed by atoms with Crippen LogP contribution in [0.4, 0.5) is 0 Å². The van der Waals surface area contributed by atoms with Crippen molar-refractivity contribution in [3.8, 4) is 5.75 Å². The van der Waals surface area contributed by atoms with Crippen molar-refractivity contribution in [3.05, 3.63) is 63.9 Å².